The van der Waals surface area contributed by atoms with E-state index in [0.29, 0.717) is 17.5 Å². The third-order valence-electron chi connectivity index (χ3n) is 5.78. The molecule has 2 aromatic heterocycles. The second-order valence-electron chi connectivity index (χ2n) is 10.9. The Kier molecular flexibility index (Phi) is 10.2. The largest absolute Gasteiger partial charge is 0.493 e. The Morgan fingerprint density at radius 3 is 2.57 bits per heavy atom. The van der Waals surface area contributed by atoms with Gasteiger partial charge < -0.3 is 30.2 Å². The molecule has 0 fully saturated rings. The van der Waals surface area contributed by atoms with Crippen LogP contribution in [-0.4, -0.2) is 64.5 Å². The first-order valence-corrected chi connectivity index (χ1v) is 15.8. The van der Waals surface area contributed by atoms with Crippen LogP contribution in [0.3, 0.4) is 0 Å². The van der Waals surface area contributed by atoms with Gasteiger partial charge in [-0.25, -0.2) is 27.6 Å². The Labute approximate surface area is 254 Å². The fourth-order valence-corrected chi connectivity index (χ4v) is 5.34. The maximum absolute atomic E-state index is 14.8. The van der Waals surface area contributed by atoms with Crippen LogP contribution >= 0.6 is 0 Å². The van der Waals surface area contributed by atoms with Gasteiger partial charge in [0.05, 0.1) is 34.9 Å². The van der Waals surface area contributed by atoms with Crippen molar-refractivity contribution in [3.05, 3.63) is 59.8 Å². The normalized spacial score (nSPS) is 14.2. The number of anilines is 2. The smallest absolute Gasteiger partial charge is 0.407 e. The molecular weight excluding hydrogens is 598 g/mol. The van der Waals surface area contributed by atoms with Crippen LogP contribution in [0.5, 0.6) is 11.6 Å². The lowest BCUT2D eigenvalue weighted by atomic mass is 10.0. The number of benzene rings is 1. The molecule has 44 heavy (non-hydrogen) atoms. The molecule has 1 aliphatic heterocycles. The number of hydrogen-bond donors (Lipinski definition) is 3. The summed E-state index contributed by atoms with van der Waals surface area (Å²) in [6, 6.07) is 7.65. The molecule has 1 atom stereocenters. The summed E-state index contributed by atoms with van der Waals surface area (Å²) in [6.07, 6.45) is 2.14. The summed E-state index contributed by atoms with van der Waals surface area (Å²) in [5.74, 6) is -0.392. The third-order valence-corrected chi connectivity index (χ3v) is 7.20. The van der Waals surface area contributed by atoms with Gasteiger partial charge in [0, 0.05) is 49.0 Å². The number of fused-ring (bicyclic) bond motifs is 6. The van der Waals surface area contributed by atoms with E-state index in [0.717, 1.165) is 6.20 Å². The minimum absolute atomic E-state index is 0.0498. The second-order valence-corrected chi connectivity index (χ2v) is 13.3. The zero-order valence-corrected chi connectivity index (χ0v) is 25.6. The van der Waals surface area contributed by atoms with Crippen molar-refractivity contribution >= 4 is 33.5 Å². The number of amides is 3. The van der Waals surface area contributed by atoms with Crippen molar-refractivity contribution in [2.75, 3.05) is 37.9 Å². The molecule has 4 rings (SSSR count). The molecule has 236 valence electrons. The first-order valence-electron chi connectivity index (χ1n) is 13.7. The average molecular weight is 633 g/mol. The number of urea groups is 1. The fourth-order valence-electron chi connectivity index (χ4n) is 4.08. The van der Waals surface area contributed by atoms with Crippen LogP contribution in [0.25, 0.3) is 11.1 Å². The van der Waals surface area contributed by atoms with Crippen molar-refractivity contribution in [2.45, 2.75) is 38.5 Å². The number of carbonyl (C=O) groups excluding carboxylic acids is 2. The Bertz CT molecular complexity index is 1660. The number of nitrogens with zero attached hydrogens (tertiary/aromatic N) is 3. The standard InChI is InChI=1S/C29H34F2N6O6S/c1-29(2,3)43-28(39)33-9-8-32-27(38)37-44(4,40)17-18-12-25-35-24-15-21(22(31)16-34-24)20-7-6-19(30)14-23(20)41-10-5-11-42-26(13-18)36-25/h6-7,12-16H,5,8-11,17H2,1-4H3,(H,32,38)(H,33,39)(H,34,35,36). The summed E-state index contributed by atoms with van der Waals surface area (Å²) < 4.78 is 62.6. The molecular formula is C29H34F2N6O6S. The fraction of sp³-hybridized carbons (Fsp3) is 0.379. The number of ether oxygens (including phenoxy) is 3. The highest BCUT2D eigenvalue weighted by molar-refractivity contribution is 7.92. The Morgan fingerprint density at radius 2 is 1.80 bits per heavy atom. The van der Waals surface area contributed by atoms with Gasteiger partial charge in [-0.05, 0) is 50.6 Å². The summed E-state index contributed by atoms with van der Waals surface area (Å²) in [5.41, 5.74) is 0.337. The Hall–Kier alpha value is -4.53. The molecule has 4 bridgehead atoms. The van der Waals surface area contributed by atoms with Gasteiger partial charge in [-0.15, -0.1) is 4.36 Å². The lowest BCUT2D eigenvalue weighted by Crippen LogP contribution is -2.37. The number of pyridine rings is 2. The predicted octanol–water partition coefficient (Wildman–Crippen LogP) is 5.16. The molecule has 0 radical (unpaired) electrons. The third kappa shape index (κ3) is 9.76. The van der Waals surface area contributed by atoms with Crippen LogP contribution < -0.4 is 25.4 Å². The summed E-state index contributed by atoms with van der Waals surface area (Å²) in [6.45, 7) is 5.68. The van der Waals surface area contributed by atoms with Gasteiger partial charge in [0.25, 0.3) is 0 Å². The molecule has 1 aromatic carbocycles. The maximum Gasteiger partial charge on any atom is 0.407 e. The van der Waals surface area contributed by atoms with E-state index in [9.17, 15) is 22.6 Å². The lowest BCUT2D eigenvalue weighted by Gasteiger charge is -2.19. The van der Waals surface area contributed by atoms with Crippen LogP contribution in [0.15, 0.2) is 47.0 Å². The zero-order valence-electron chi connectivity index (χ0n) is 24.7. The Balaban J connectivity index is 1.51. The molecule has 3 heterocycles. The van der Waals surface area contributed by atoms with E-state index in [4.69, 9.17) is 14.2 Å². The maximum atomic E-state index is 14.8. The van der Waals surface area contributed by atoms with Gasteiger partial charge in [-0.3, -0.25) is 0 Å². The quantitative estimate of drug-likeness (QED) is 0.324. The number of alkyl carbamates (subject to hydrolysis) is 1. The van der Waals surface area contributed by atoms with E-state index < -0.39 is 39.1 Å². The van der Waals surface area contributed by atoms with Gasteiger partial charge in [0.15, 0.2) is 0 Å². The molecule has 3 N–H and O–H groups in total. The summed E-state index contributed by atoms with van der Waals surface area (Å²) in [7, 11) is -3.06. The number of rotatable bonds is 5. The number of halogens is 2. The predicted molar refractivity (Wildman–Crippen MR) is 161 cm³/mol. The van der Waals surface area contributed by atoms with Crippen molar-refractivity contribution in [3.8, 4) is 22.8 Å². The van der Waals surface area contributed by atoms with Crippen LogP contribution in [0, 0.1) is 11.6 Å². The van der Waals surface area contributed by atoms with Crippen LogP contribution in [-0.2, 0) is 20.2 Å². The summed E-state index contributed by atoms with van der Waals surface area (Å²) >= 11 is 0. The first-order chi connectivity index (χ1) is 20.8. The lowest BCUT2D eigenvalue weighted by molar-refractivity contribution is 0.0528. The molecule has 0 saturated carbocycles. The number of nitrogens with one attached hydrogen (secondary N) is 3. The van der Waals surface area contributed by atoms with Crippen LogP contribution in [0.1, 0.15) is 32.8 Å². The molecule has 0 saturated heterocycles. The summed E-state index contributed by atoms with van der Waals surface area (Å²) in [5, 5.41) is 7.99. The average Bonchev–Trinajstić information content (AvgIpc) is 2.90. The number of hydrogen-bond acceptors (Lipinski definition) is 9. The molecule has 15 heteroatoms. The molecule has 3 aromatic rings. The van der Waals surface area contributed by atoms with Crippen molar-refractivity contribution in [1.82, 2.24) is 20.6 Å². The minimum Gasteiger partial charge on any atom is -0.493 e. The van der Waals surface area contributed by atoms with Gasteiger partial charge in [-0.2, -0.15) is 4.98 Å². The highest BCUT2D eigenvalue weighted by Crippen LogP contribution is 2.34. The van der Waals surface area contributed by atoms with Crippen LogP contribution in [0.4, 0.5) is 30.0 Å². The summed E-state index contributed by atoms with van der Waals surface area (Å²) in [4.78, 5) is 32.6. The van der Waals surface area contributed by atoms with Crippen molar-refractivity contribution in [1.29, 1.82) is 0 Å². The van der Waals surface area contributed by atoms with Crippen molar-refractivity contribution < 1.29 is 36.8 Å². The topological polar surface area (TPSA) is 153 Å². The van der Waals surface area contributed by atoms with E-state index in [1.54, 1.807) is 32.9 Å². The molecule has 1 unspecified atom stereocenters. The van der Waals surface area contributed by atoms with Crippen molar-refractivity contribution in [3.63, 3.8) is 0 Å². The first kappa shape index (κ1) is 32.4. The monoisotopic (exact) mass is 632 g/mol. The number of aromatic nitrogens is 2. The Morgan fingerprint density at radius 1 is 1.05 bits per heavy atom. The van der Waals surface area contributed by atoms with Gasteiger partial charge in [-0.1, -0.05) is 0 Å². The second kappa shape index (κ2) is 13.8. The van der Waals surface area contributed by atoms with E-state index in [2.05, 4.69) is 30.3 Å². The SMILES string of the molecule is CC(C)(C)OC(=O)NCCNC(=O)N=S(C)(=O)Cc1cc2nc(c1)OCCCOc1cc(F)ccc1-c1cc(ncc1F)N2. The zero-order chi connectivity index (χ0) is 31.9. The molecule has 1 aliphatic rings. The molecule has 12 nitrogen and oxygen atoms in total. The minimum atomic E-state index is -3.06. The van der Waals surface area contributed by atoms with Gasteiger partial charge >= 0.3 is 12.1 Å². The van der Waals surface area contributed by atoms with E-state index >= 15 is 0 Å². The molecule has 3 amide bonds. The van der Waals surface area contributed by atoms with E-state index in [-0.39, 0.29) is 60.9 Å². The molecule has 0 aliphatic carbocycles. The van der Waals surface area contributed by atoms with Crippen LogP contribution in [0.2, 0.25) is 0 Å². The van der Waals surface area contributed by atoms with E-state index in [1.807, 2.05) is 0 Å². The van der Waals surface area contributed by atoms with E-state index in [1.165, 1.54) is 30.5 Å². The van der Waals surface area contributed by atoms with Gasteiger partial charge in [0.1, 0.15) is 34.6 Å². The van der Waals surface area contributed by atoms with Crippen molar-refractivity contribution in [2.24, 2.45) is 4.36 Å². The van der Waals surface area contributed by atoms with Gasteiger partial charge in [0.2, 0.25) is 5.88 Å². The highest BCUT2D eigenvalue weighted by atomic mass is 32.2. The number of carbonyl (C=O) groups is 2. The highest BCUT2D eigenvalue weighted by Gasteiger charge is 2.18. The molecule has 0 spiro atoms.